The molecule has 0 atom stereocenters. The first-order valence-corrected chi connectivity index (χ1v) is 5.81. The van der Waals surface area contributed by atoms with Gasteiger partial charge in [-0.3, -0.25) is 0 Å². The standard InChI is InChI=1S/C11H25N3O2/c1-11(2,3)14-10(15)16-9-5-8-13-7-4-6-12/h13H,4-9,12H2,1-3H3,(H,14,15). The van der Waals surface area contributed by atoms with Gasteiger partial charge < -0.3 is 21.1 Å². The highest BCUT2D eigenvalue weighted by Gasteiger charge is 2.13. The summed E-state index contributed by atoms with van der Waals surface area (Å²) in [7, 11) is 0. The summed E-state index contributed by atoms with van der Waals surface area (Å²) < 4.78 is 5.01. The van der Waals surface area contributed by atoms with E-state index in [1.54, 1.807) is 0 Å². The zero-order valence-corrected chi connectivity index (χ0v) is 10.6. The van der Waals surface area contributed by atoms with Crippen LogP contribution in [0.3, 0.4) is 0 Å². The van der Waals surface area contributed by atoms with Gasteiger partial charge in [-0.25, -0.2) is 4.79 Å². The molecular weight excluding hydrogens is 206 g/mol. The molecule has 96 valence electrons. The second-order valence-corrected chi connectivity index (χ2v) is 4.76. The molecule has 0 bridgehead atoms. The van der Waals surface area contributed by atoms with E-state index in [-0.39, 0.29) is 11.6 Å². The van der Waals surface area contributed by atoms with Crippen molar-refractivity contribution in [3.63, 3.8) is 0 Å². The number of carbonyl (C=O) groups excluding carboxylic acids is 1. The first-order valence-electron chi connectivity index (χ1n) is 5.81. The van der Waals surface area contributed by atoms with Gasteiger partial charge in [0.15, 0.2) is 0 Å². The first-order chi connectivity index (χ1) is 7.45. The van der Waals surface area contributed by atoms with E-state index in [1.165, 1.54) is 0 Å². The van der Waals surface area contributed by atoms with Crippen molar-refractivity contribution >= 4 is 6.09 Å². The fraction of sp³-hybridized carbons (Fsp3) is 0.909. The van der Waals surface area contributed by atoms with Gasteiger partial charge >= 0.3 is 6.09 Å². The normalized spacial score (nSPS) is 11.2. The van der Waals surface area contributed by atoms with Gasteiger partial charge in [0.25, 0.3) is 0 Å². The van der Waals surface area contributed by atoms with Crippen LogP contribution in [0.15, 0.2) is 0 Å². The maximum Gasteiger partial charge on any atom is 0.407 e. The van der Waals surface area contributed by atoms with Crippen LogP contribution in [0.25, 0.3) is 0 Å². The van der Waals surface area contributed by atoms with Crippen molar-refractivity contribution in [3.05, 3.63) is 0 Å². The third-order valence-corrected chi connectivity index (χ3v) is 1.77. The summed E-state index contributed by atoms with van der Waals surface area (Å²) in [5, 5.41) is 5.95. The van der Waals surface area contributed by atoms with E-state index < -0.39 is 0 Å². The van der Waals surface area contributed by atoms with E-state index in [4.69, 9.17) is 10.5 Å². The fourth-order valence-corrected chi connectivity index (χ4v) is 1.06. The molecule has 0 fully saturated rings. The Bertz CT molecular complexity index is 190. The molecule has 0 heterocycles. The Kier molecular flexibility index (Phi) is 7.93. The van der Waals surface area contributed by atoms with Crippen molar-refractivity contribution in [1.29, 1.82) is 0 Å². The molecule has 0 radical (unpaired) electrons. The van der Waals surface area contributed by atoms with E-state index >= 15 is 0 Å². The van der Waals surface area contributed by atoms with Crippen molar-refractivity contribution < 1.29 is 9.53 Å². The summed E-state index contributed by atoms with van der Waals surface area (Å²) in [4.78, 5) is 11.2. The third kappa shape index (κ3) is 11.3. The first kappa shape index (κ1) is 15.2. The van der Waals surface area contributed by atoms with Crippen LogP contribution >= 0.6 is 0 Å². The molecule has 0 unspecified atom stereocenters. The van der Waals surface area contributed by atoms with Gasteiger partial charge in [0.1, 0.15) is 0 Å². The number of amides is 1. The van der Waals surface area contributed by atoms with Gasteiger partial charge in [-0.15, -0.1) is 0 Å². The zero-order chi connectivity index (χ0) is 12.4. The number of hydrogen-bond donors (Lipinski definition) is 3. The van der Waals surface area contributed by atoms with Crippen molar-refractivity contribution in [2.45, 2.75) is 39.2 Å². The van der Waals surface area contributed by atoms with Gasteiger partial charge in [0.2, 0.25) is 0 Å². The highest BCUT2D eigenvalue weighted by atomic mass is 16.5. The predicted molar refractivity (Wildman–Crippen MR) is 65.4 cm³/mol. The highest BCUT2D eigenvalue weighted by Crippen LogP contribution is 1.98. The minimum atomic E-state index is -0.352. The summed E-state index contributed by atoms with van der Waals surface area (Å²) in [5.41, 5.74) is 5.11. The minimum absolute atomic E-state index is 0.240. The van der Waals surface area contributed by atoms with Crippen LogP contribution in [0.1, 0.15) is 33.6 Å². The smallest absolute Gasteiger partial charge is 0.407 e. The van der Waals surface area contributed by atoms with Crippen LogP contribution in [0, 0.1) is 0 Å². The molecule has 0 aromatic heterocycles. The summed E-state index contributed by atoms with van der Waals surface area (Å²) in [6.45, 7) is 8.68. The molecule has 1 amide bonds. The Labute approximate surface area is 98.1 Å². The molecule has 0 aliphatic rings. The number of nitrogens with two attached hydrogens (primary N) is 1. The van der Waals surface area contributed by atoms with E-state index in [1.807, 2.05) is 20.8 Å². The molecule has 0 rings (SSSR count). The van der Waals surface area contributed by atoms with Crippen LogP contribution in [0.5, 0.6) is 0 Å². The number of carbonyl (C=O) groups is 1. The molecule has 0 aromatic rings. The highest BCUT2D eigenvalue weighted by molar-refractivity contribution is 5.67. The SMILES string of the molecule is CC(C)(C)NC(=O)OCCCNCCCN. The van der Waals surface area contributed by atoms with Gasteiger partial charge in [0, 0.05) is 5.54 Å². The Morgan fingerprint density at radius 3 is 2.44 bits per heavy atom. The van der Waals surface area contributed by atoms with Crippen molar-refractivity contribution in [2.75, 3.05) is 26.2 Å². The maximum atomic E-state index is 11.2. The molecule has 5 heteroatoms. The lowest BCUT2D eigenvalue weighted by Crippen LogP contribution is -2.41. The Morgan fingerprint density at radius 2 is 1.88 bits per heavy atom. The Morgan fingerprint density at radius 1 is 1.25 bits per heavy atom. The van der Waals surface area contributed by atoms with Crippen LogP contribution < -0.4 is 16.4 Å². The summed E-state index contributed by atoms with van der Waals surface area (Å²) >= 11 is 0. The second-order valence-electron chi connectivity index (χ2n) is 4.76. The van der Waals surface area contributed by atoms with Gasteiger partial charge in [-0.1, -0.05) is 0 Å². The van der Waals surface area contributed by atoms with Crippen LogP contribution in [0.4, 0.5) is 4.79 Å². The van der Waals surface area contributed by atoms with Crippen molar-refractivity contribution in [2.24, 2.45) is 5.73 Å². The topological polar surface area (TPSA) is 76.4 Å². The lowest BCUT2D eigenvalue weighted by molar-refractivity contribution is 0.136. The molecule has 0 saturated heterocycles. The number of nitrogens with one attached hydrogen (secondary N) is 2. The van der Waals surface area contributed by atoms with Gasteiger partial charge in [-0.2, -0.15) is 0 Å². The molecule has 16 heavy (non-hydrogen) atoms. The lowest BCUT2D eigenvalue weighted by Gasteiger charge is -2.19. The van der Waals surface area contributed by atoms with Crippen LogP contribution in [-0.4, -0.2) is 37.9 Å². The number of rotatable bonds is 7. The molecular formula is C11H25N3O2. The average Bonchev–Trinajstić information content (AvgIpc) is 2.13. The molecule has 5 nitrogen and oxygen atoms in total. The zero-order valence-electron chi connectivity index (χ0n) is 10.6. The predicted octanol–water partition coefficient (Wildman–Crippen LogP) is 0.840. The summed E-state index contributed by atoms with van der Waals surface area (Å²) in [6, 6.07) is 0. The van der Waals surface area contributed by atoms with Crippen molar-refractivity contribution in [3.8, 4) is 0 Å². The van der Waals surface area contributed by atoms with Crippen LogP contribution in [0.2, 0.25) is 0 Å². The third-order valence-electron chi connectivity index (χ3n) is 1.77. The molecule has 0 saturated carbocycles. The quantitative estimate of drug-likeness (QED) is 0.567. The monoisotopic (exact) mass is 231 g/mol. The van der Waals surface area contributed by atoms with Crippen molar-refractivity contribution in [1.82, 2.24) is 10.6 Å². The van der Waals surface area contributed by atoms with E-state index in [2.05, 4.69) is 10.6 Å². The Hall–Kier alpha value is -0.810. The molecule has 0 aliphatic carbocycles. The number of ether oxygens (including phenoxy) is 1. The largest absolute Gasteiger partial charge is 0.450 e. The minimum Gasteiger partial charge on any atom is -0.450 e. The molecule has 0 spiro atoms. The van der Waals surface area contributed by atoms with Crippen LogP contribution in [-0.2, 0) is 4.74 Å². The van der Waals surface area contributed by atoms with Gasteiger partial charge in [0.05, 0.1) is 6.61 Å². The lowest BCUT2D eigenvalue weighted by atomic mass is 10.1. The average molecular weight is 231 g/mol. The fourth-order valence-electron chi connectivity index (χ4n) is 1.06. The summed E-state index contributed by atoms with van der Waals surface area (Å²) in [5.74, 6) is 0. The number of hydrogen-bond acceptors (Lipinski definition) is 4. The summed E-state index contributed by atoms with van der Waals surface area (Å²) in [6.07, 6.45) is 1.45. The Balaban J connectivity index is 3.28. The van der Waals surface area contributed by atoms with E-state index in [0.29, 0.717) is 13.2 Å². The molecule has 4 N–H and O–H groups in total. The van der Waals surface area contributed by atoms with E-state index in [0.717, 1.165) is 25.9 Å². The second kappa shape index (κ2) is 8.35. The molecule has 0 aliphatic heterocycles. The van der Waals surface area contributed by atoms with E-state index in [9.17, 15) is 4.79 Å². The molecule has 0 aromatic carbocycles. The number of alkyl carbamates (subject to hydrolysis) is 1. The maximum absolute atomic E-state index is 11.2. The van der Waals surface area contributed by atoms with Gasteiger partial charge in [-0.05, 0) is 53.2 Å².